The molecule has 0 fully saturated rings. The van der Waals surface area contributed by atoms with E-state index in [4.69, 9.17) is 4.74 Å². The van der Waals surface area contributed by atoms with Crippen molar-refractivity contribution >= 4 is 27.8 Å². The van der Waals surface area contributed by atoms with Crippen LogP contribution in [0.3, 0.4) is 0 Å². The van der Waals surface area contributed by atoms with Gasteiger partial charge >= 0.3 is 0 Å². The normalized spacial score (nSPS) is 12.3. The van der Waals surface area contributed by atoms with Crippen LogP contribution in [0, 0.1) is 13.8 Å². The maximum atomic E-state index is 12.9. The quantitative estimate of drug-likeness (QED) is 0.238. The highest BCUT2D eigenvalue weighted by Crippen LogP contribution is 2.27. The third kappa shape index (κ3) is 6.12. The lowest BCUT2D eigenvalue weighted by Gasteiger charge is -2.27. The maximum absolute atomic E-state index is 12.9. The average molecular weight is 531 g/mol. The van der Waals surface area contributed by atoms with Crippen molar-refractivity contribution in [3.05, 3.63) is 108 Å². The number of para-hydroxylation sites is 2. The Morgan fingerprint density at radius 1 is 0.947 bits per heavy atom. The molecule has 8 nitrogen and oxygen atoms in total. The molecule has 0 spiro atoms. The lowest BCUT2D eigenvalue weighted by Crippen LogP contribution is -2.46. The number of amides is 1. The van der Waals surface area contributed by atoms with Crippen LogP contribution in [0.4, 0.5) is 5.69 Å². The highest BCUT2D eigenvalue weighted by molar-refractivity contribution is 7.92. The third-order valence-corrected chi connectivity index (χ3v) is 7.26. The van der Waals surface area contributed by atoms with E-state index in [-0.39, 0.29) is 0 Å². The van der Waals surface area contributed by atoms with E-state index in [1.165, 1.54) is 6.92 Å². The molecule has 0 aliphatic carbocycles. The van der Waals surface area contributed by atoms with Gasteiger partial charge in [0.1, 0.15) is 17.5 Å². The van der Waals surface area contributed by atoms with E-state index in [1.54, 1.807) is 30.5 Å². The number of nitrogens with one attached hydrogen (secondary N) is 1. The summed E-state index contributed by atoms with van der Waals surface area (Å²) < 4.78 is 34.2. The van der Waals surface area contributed by atoms with Crippen LogP contribution in [0.2, 0.25) is 0 Å². The van der Waals surface area contributed by atoms with Crippen LogP contribution in [-0.4, -0.2) is 37.4 Å². The van der Waals surface area contributed by atoms with Crippen LogP contribution in [0.5, 0.6) is 11.5 Å². The summed E-state index contributed by atoms with van der Waals surface area (Å²) in [6.07, 6.45) is 2.62. The number of rotatable bonds is 9. The molecule has 0 radical (unpaired) electrons. The van der Waals surface area contributed by atoms with Crippen molar-refractivity contribution in [2.45, 2.75) is 26.8 Å². The highest BCUT2D eigenvalue weighted by atomic mass is 32.2. The predicted octanol–water partition coefficient (Wildman–Crippen LogP) is 5.19. The Hall–Kier alpha value is -4.37. The van der Waals surface area contributed by atoms with Gasteiger partial charge in [-0.2, -0.15) is 5.10 Å². The first-order chi connectivity index (χ1) is 18.1. The maximum Gasteiger partial charge on any atom is 0.263 e. The van der Waals surface area contributed by atoms with Gasteiger partial charge in [0, 0.05) is 22.6 Å². The number of sulfonamides is 1. The molecule has 1 amide bonds. The second kappa shape index (κ2) is 11.4. The molecule has 196 valence electrons. The van der Waals surface area contributed by atoms with Crippen molar-refractivity contribution < 1.29 is 17.9 Å². The van der Waals surface area contributed by atoms with Crippen molar-refractivity contribution in [1.29, 1.82) is 0 Å². The molecule has 0 unspecified atom stereocenters. The van der Waals surface area contributed by atoms with Gasteiger partial charge < -0.3 is 9.30 Å². The molecule has 38 heavy (non-hydrogen) atoms. The van der Waals surface area contributed by atoms with Gasteiger partial charge in [0.2, 0.25) is 10.0 Å². The fourth-order valence-electron chi connectivity index (χ4n) is 4.25. The molecular weight excluding hydrogens is 500 g/mol. The van der Waals surface area contributed by atoms with Gasteiger partial charge in [-0.3, -0.25) is 9.10 Å². The monoisotopic (exact) mass is 530 g/mol. The number of carbonyl (C=O) groups is 1. The summed E-state index contributed by atoms with van der Waals surface area (Å²) in [5, 5.41) is 4.11. The van der Waals surface area contributed by atoms with E-state index in [0.29, 0.717) is 17.2 Å². The minimum atomic E-state index is -3.77. The van der Waals surface area contributed by atoms with Crippen LogP contribution in [0.25, 0.3) is 5.69 Å². The number of benzene rings is 3. The van der Waals surface area contributed by atoms with Gasteiger partial charge in [0.15, 0.2) is 0 Å². The first-order valence-electron chi connectivity index (χ1n) is 12.0. The summed E-state index contributed by atoms with van der Waals surface area (Å²) in [5.41, 5.74) is 6.69. The van der Waals surface area contributed by atoms with Crippen LogP contribution in [0.15, 0.2) is 96.1 Å². The Morgan fingerprint density at radius 2 is 1.53 bits per heavy atom. The van der Waals surface area contributed by atoms with E-state index in [9.17, 15) is 13.2 Å². The Balaban J connectivity index is 1.47. The van der Waals surface area contributed by atoms with Crippen LogP contribution in [-0.2, 0) is 14.8 Å². The molecule has 0 saturated heterocycles. The molecule has 9 heteroatoms. The van der Waals surface area contributed by atoms with Gasteiger partial charge in [-0.1, -0.05) is 36.4 Å². The number of hydrogen-bond acceptors (Lipinski definition) is 5. The molecule has 1 aromatic heterocycles. The Labute approximate surface area is 223 Å². The second-order valence-electron chi connectivity index (χ2n) is 8.88. The minimum absolute atomic E-state index is 0.339. The molecule has 0 aliphatic heterocycles. The molecule has 0 saturated carbocycles. The standard InChI is InChI=1S/C29H30N4O4S/c1-21-19-24(22(2)32(21)25-11-7-5-8-12-25)20-30-31-29(34)23(3)33(38(4,35)36)26-15-17-28(18-16-26)37-27-13-9-6-10-14-27/h5-20,23H,1-4H3,(H,31,34)/b30-20-/t23-/m1/s1. The van der Waals surface area contributed by atoms with Gasteiger partial charge in [0.05, 0.1) is 18.2 Å². The first-order valence-corrected chi connectivity index (χ1v) is 13.9. The zero-order valence-corrected chi connectivity index (χ0v) is 22.5. The fraction of sp³-hybridized carbons (Fsp3) is 0.172. The van der Waals surface area contributed by atoms with Crippen molar-refractivity contribution in [2.75, 3.05) is 10.6 Å². The minimum Gasteiger partial charge on any atom is -0.457 e. The number of nitrogens with zero attached hydrogens (tertiary/aromatic N) is 3. The highest BCUT2D eigenvalue weighted by Gasteiger charge is 2.29. The summed E-state index contributed by atoms with van der Waals surface area (Å²) in [6, 6.07) is 26.7. The van der Waals surface area contributed by atoms with Gasteiger partial charge in [-0.25, -0.2) is 13.8 Å². The second-order valence-corrected chi connectivity index (χ2v) is 10.7. The van der Waals surface area contributed by atoms with Crippen LogP contribution < -0.4 is 14.5 Å². The number of aryl methyl sites for hydroxylation is 1. The molecule has 4 rings (SSSR count). The molecule has 4 aromatic rings. The molecule has 0 bridgehead atoms. The third-order valence-electron chi connectivity index (χ3n) is 6.02. The van der Waals surface area contributed by atoms with Crippen LogP contribution >= 0.6 is 0 Å². The summed E-state index contributed by atoms with van der Waals surface area (Å²) in [7, 11) is -3.77. The first kappa shape index (κ1) is 26.7. The van der Waals surface area contributed by atoms with Gasteiger partial charge in [-0.05, 0) is 75.4 Å². The molecular formula is C29H30N4O4S. The average Bonchev–Trinajstić information content (AvgIpc) is 3.18. The predicted molar refractivity (Wildman–Crippen MR) is 151 cm³/mol. The van der Waals surface area contributed by atoms with Crippen molar-refractivity contribution in [3.8, 4) is 17.2 Å². The number of hydrogen-bond donors (Lipinski definition) is 1. The van der Waals surface area contributed by atoms with Crippen molar-refractivity contribution in [2.24, 2.45) is 5.10 Å². The van der Waals surface area contributed by atoms with E-state index in [1.807, 2.05) is 80.6 Å². The van der Waals surface area contributed by atoms with E-state index in [2.05, 4.69) is 15.1 Å². The molecule has 3 aromatic carbocycles. The number of anilines is 1. The van der Waals surface area contributed by atoms with Crippen LogP contribution in [0.1, 0.15) is 23.9 Å². The largest absolute Gasteiger partial charge is 0.457 e. The topological polar surface area (TPSA) is 93.0 Å². The molecule has 1 N–H and O–H groups in total. The smallest absolute Gasteiger partial charge is 0.263 e. The zero-order valence-electron chi connectivity index (χ0n) is 21.7. The Morgan fingerprint density at radius 3 is 2.13 bits per heavy atom. The Kier molecular flexibility index (Phi) is 7.97. The van der Waals surface area contributed by atoms with Crippen molar-refractivity contribution in [1.82, 2.24) is 9.99 Å². The van der Waals surface area contributed by atoms with E-state index >= 15 is 0 Å². The molecule has 1 heterocycles. The summed E-state index contributed by atoms with van der Waals surface area (Å²) in [6.45, 7) is 5.49. The van der Waals surface area contributed by atoms with E-state index < -0.39 is 22.0 Å². The summed E-state index contributed by atoms with van der Waals surface area (Å²) in [5.74, 6) is 0.645. The zero-order chi connectivity index (χ0) is 27.3. The lowest BCUT2D eigenvalue weighted by molar-refractivity contribution is -0.121. The summed E-state index contributed by atoms with van der Waals surface area (Å²) >= 11 is 0. The molecule has 0 aliphatic rings. The van der Waals surface area contributed by atoms with Gasteiger partial charge in [0.25, 0.3) is 5.91 Å². The SMILES string of the molecule is Cc1cc(/C=N\NC(=O)[C@@H](C)N(c2ccc(Oc3ccccc3)cc2)S(C)(=O)=O)c(C)n1-c1ccccc1. The lowest BCUT2D eigenvalue weighted by atomic mass is 10.2. The van der Waals surface area contributed by atoms with E-state index in [0.717, 1.165) is 33.2 Å². The van der Waals surface area contributed by atoms with Gasteiger partial charge in [-0.15, -0.1) is 0 Å². The number of aromatic nitrogens is 1. The Bertz CT molecular complexity index is 1530. The number of carbonyl (C=O) groups excluding carboxylic acids is 1. The molecule has 1 atom stereocenters. The van der Waals surface area contributed by atoms with Crippen molar-refractivity contribution in [3.63, 3.8) is 0 Å². The fourth-order valence-corrected chi connectivity index (χ4v) is 5.42. The summed E-state index contributed by atoms with van der Waals surface area (Å²) in [4.78, 5) is 12.9. The number of ether oxygens (including phenoxy) is 1. The number of hydrazone groups is 1.